The number of hydrogen-bond acceptors (Lipinski definition) is 6. The van der Waals surface area contributed by atoms with Crippen molar-refractivity contribution in [2.45, 2.75) is 114 Å². The van der Waals surface area contributed by atoms with Gasteiger partial charge in [-0.1, -0.05) is 13.8 Å². The lowest BCUT2D eigenvalue weighted by molar-refractivity contribution is -0.197. The minimum Gasteiger partial charge on any atom is -0.469 e. The lowest BCUT2D eigenvalue weighted by Crippen LogP contribution is -2.39. The van der Waals surface area contributed by atoms with E-state index >= 15 is 0 Å². The molecule has 0 N–H and O–H groups in total. The molecule has 1 saturated carbocycles. The highest BCUT2D eigenvalue weighted by atomic mass is 32.2. The van der Waals surface area contributed by atoms with Crippen molar-refractivity contribution < 1.29 is 23.4 Å². The third kappa shape index (κ3) is 8.00. The van der Waals surface area contributed by atoms with Gasteiger partial charge in [0, 0.05) is 36.1 Å². The lowest BCUT2D eigenvalue weighted by atomic mass is 9.89. The molecule has 5 nitrogen and oxygen atoms in total. The molecule has 32 heavy (non-hydrogen) atoms. The van der Waals surface area contributed by atoms with E-state index in [1.807, 2.05) is 0 Å². The van der Waals surface area contributed by atoms with Crippen molar-refractivity contribution in [3.63, 3.8) is 0 Å². The minimum absolute atomic E-state index is 0.0295. The first-order valence-corrected chi connectivity index (χ1v) is 17.0. The first-order valence-electron chi connectivity index (χ1n) is 12.9. The molecule has 0 aromatic rings. The summed E-state index contributed by atoms with van der Waals surface area (Å²) in [5.41, 5.74) is 0. The Hall–Kier alpha value is -0.0831. The molecule has 0 radical (unpaired) electrons. The first kappa shape index (κ1) is 26.5. The van der Waals surface area contributed by atoms with Gasteiger partial charge in [0.05, 0.1) is 13.2 Å². The smallest absolute Gasteiger partial charge is 0.305 e. The number of methoxy groups -OCH3 is 1. The molecule has 7 heteroatoms. The van der Waals surface area contributed by atoms with Crippen molar-refractivity contribution in [3.8, 4) is 0 Å². The van der Waals surface area contributed by atoms with E-state index in [4.69, 9.17) is 18.6 Å². The molecular weight excluding hydrogens is 440 g/mol. The van der Waals surface area contributed by atoms with Crippen LogP contribution in [0.3, 0.4) is 0 Å². The van der Waals surface area contributed by atoms with Crippen LogP contribution < -0.4 is 0 Å². The topological polar surface area (TPSA) is 54.0 Å². The van der Waals surface area contributed by atoms with E-state index < -0.39 is 8.32 Å². The van der Waals surface area contributed by atoms with E-state index in [2.05, 4.69) is 38.7 Å². The summed E-state index contributed by atoms with van der Waals surface area (Å²) in [6, 6.07) is 1.21. The van der Waals surface area contributed by atoms with E-state index in [0.717, 1.165) is 45.3 Å². The van der Waals surface area contributed by atoms with E-state index in [-0.39, 0.29) is 18.4 Å². The summed E-state index contributed by atoms with van der Waals surface area (Å²) in [7, 11) is -0.179. The van der Waals surface area contributed by atoms with Gasteiger partial charge >= 0.3 is 5.97 Å². The summed E-state index contributed by atoms with van der Waals surface area (Å²) in [6.45, 7) is 11.0. The fourth-order valence-electron chi connectivity index (χ4n) is 5.93. The average Bonchev–Trinajstić information content (AvgIpc) is 3.08. The Morgan fingerprint density at radius 3 is 2.69 bits per heavy atom. The van der Waals surface area contributed by atoms with Gasteiger partial charge in [-0.05, 0) is 82.3 Å². The summed E-state index contributed by atoms with van der Waals surface area (Å²) >= 11 is 2.16. The molecule has 1 aliphatic carbocycles. The van der Waals surface area contributed by atoms with Crippen LogP contribution in [0.4, 0.5) is 0 Å². The molecule has 2 aliphatic heterocycles. The van der Waals surface area contributed by atoms with Gasteiger partial charge in [-0.3, -0.25) is 4.79 Å². The molecule has 0 bridgehead atoms. The number of esters is 1. The van der Waals surface area contributed by atoms with Crippen molar-refractivity contribution in [1.82, 2.24) is 0 Å². The SMILES string of the molecule is COC(=O)CCC[C@H]1CC[C@@H]2[C@@H](CO[Si](C)(C)CC(C)C)[C@H](OC3CCCCO3)C[C@@H]2S1. The normalized spacial score (nSPS) is 33.3. The molecular formula is C25H46O5SSi. The van der Waals surface area contributed by atoms with Crippen LogP contribution in [-0.2, 0) is 23.4 Å². The van der Waals surface area contributed by atoms with Crippen LogP contribution in [0.1, 0.15) is 71.6 Å². The highest BCUT2D eigenvalue weighted by molar-refractivity contribution is 8.00. The van der Waals surface area contributed by atoms with Gasteiger partial charge in [0.15, 0.2) is 14.6 Å². The maximum absolute atomic E-state index is 11.5. The second-order valence-electron chi connectivity index (χ2n) is 11.0. The zero-order valence-corrected chi connectivity index (χ0v) is 22.8. The molecule has 3 fully saturated rings. The maximum atomic E-state index is 11.5. The summed E-state index contributed by atoms with van der Waals surface area (Å²) in [6.07, 6.45) is 9.79. The zero-order valence-electron chi connectivity index (χ0n) is 21.0. The molecule has 0 aromatic heterocycles. The van der Waals surface area contributed by atoms with E-state index in [9.17, 15) is 4.79 Å². The molecule has 0 aromatic carbocycles. The molecule has 2 heterocycles. The number of hydrogen-bond donors (Lipinski definition) is 0. The van der Waals surface area contributed by atoms with Gasteiger partial charge in [-0.15, -0.1) is 0 Å². The molecule has 2 saturated heterocycles. The maximum Gasteiger partial charge on any atom is 0.305 e. The quantitative estimate of drug-likeness (QED) is 0.263. The van der Waals surface area contributed by atoms with Crippen LogP contribution in [0.15, 0.2) is 0 Å². The van der Waals surface area contributed by atoms with Crippen molar-refractivity contribution in [1.29, 1.82) is 0 Å². The van der Waals surface area contributed by atoms with E-state index in [0.29, 0.717) is 34.7 Å². The Morgan fingerprint density at radius 2 is 2.00 bits per heavy atom. The number of fused-ring (bicyclic) bond motifs is 1. The number of ether oxygens (including phenoxy) is 3. The van der Waals surface area contributed by atoms with Gasteiger partial charge in [-0.25, -0.2) is 0 Å². The highest BCUT2D eigenvalue weighted by Crippen LogP contribution is 2.51. The van der Waals surface area contributed by atoms with Crippen LogP contribution in [0.5, 0.6) is 0 Å². The van der Waals surface area contributed by atoms with Crippen LogP contribution in [0.2, 0.25) is 19.1 Å². The number of thioether (sulfide) groups is 1. The first-order chi connectivity index (χ1) is 15.3. The predicted octanol–water partition coefficient (Wildman–Crippen LogP) is 6.02. The average molecular weight is 487 g/mol. The predicted molar refractivity (Wildman–Crippen MR) is 133 cm³/mol. The molecule has 6 atom stereocenters. The Bertz CT molecular complexity index is 581. The largest absolute Gasteiger partial charge is 0.469 e. The summed E-state index contributed by atoms with van der Waals surface area (Å²) in [5.74, 6) is 1.75. The Morgan fingerprint density at radius 1 is 1.19 bits per heavy atom. The van der Waals surface area contributed by atoms with Gasteiger partial charge in [0.25, 0.3) is 0 Å². The highest BCUT2D eigenvalue weighted by Gasteiger charge is 2.48. The van der Waals surface area contributed by atoms with E-state index in [1.54, 1.807) is 0 Å². The zero-order chi connectivity index (χ0) is 23.1. The van der Waals surface area contributed by atoms with Gasteiger partial charge in [-0.2, -0.15) is 11.8 Å². The number of carbonyl (C=O) groups is 1. The second-order valence-corrected chi connectivity index (χ2v) is 16.8. The third-order valence-corrected chi connectivity index (χ3v) is 11.8. The molecule has 186 valence electrons. The van der Waals surface area contributed by atoms with Gasteiger partial charge in [0.2, 0.25) is 0 Å². The Labute approximate surface area is 201 Å². The Kier molecular flexibility index (Phi) is 10.4. The fraction of sp³-hybridized carbons (Fsp3) is 0.960. The summed E-state index contributed by atoms with van der Waals surface area (Å²) in [5, 5.41) is 1.29. The van der Waals surface area contributed by atoms with Crippen LogP contribution in [-0.4, -0.2) is 57.5 Å². The minimum atomic E-state index is -1.66. The molecule has 1 unspecified atom stereocenters. The van der Waals surface area contributed by atoms with Crippen molar-refractivity contribution >= 4 is 26.0 Å². The molecule has 0 amide bonds. The Balaban J connectivity index is 1.58. The standard InChI is InChI=1S/C25H46O5SSi/c1-18(2)17-32(4,5)29-16-21-20-13-12-19(9-8-10-24(26)27-3)31-23(20)15-22(21)30-25-11-6-7-14-28-25/h18-23,25H,6-17H2,1-5H3/t19-,20+,21+,22+,23-,25?/m0/s1. The van der Waals surface area contributed by atoms with Crippen molar-refractivity contribution in [3.05, 3.63) is 0 Å². The van der Waals surface area contributed by atoms with Crippen LogP contribution in [0.25, 0.3) is 0 Å². The molecule has 3 aliphatic rings. The van der Waals surface area contributed by atoms with E-state index in [1.165, 1.54) is 32.4 Å². The number of rotatable bonds is 11. The van der Waals surface area contributed by atoms with Crippen LogP contribution >= 0.6 is 11.8 Å². The second kappa shape index (κ2) is 12.6. The van der Waals surface area contributed by atoms with Gasteiger partial charge < -0.3 is 18.6 Å². The van der Waals surface area contributed by atoms with Crippen LogP contribution in [0, 0.1) is 17.8 Å². The monoisotopic (exact) mass is 486 g/mol. The summed E-state index contributed by atoms with van der Waals surface area (Å²) in [4.78, 5) is 11.5. The lowest BCUT2D eigenvalue weighted by Gasteiger charge is -2.36. The molecule has 3 rings (SSSR count). The molecule has 0 spiro atoms. The van der Waals surface area contributed by atoms with Crippen molar-refractivity contribution in [2.75, 3.05) is 20.3 Å². The van der Waals surface area contributed by atoms with Gasteiger partial charge in [0.1, 0.15) is 0 Å². The van der Waals surface area contributed by atoms with Crippen molar-refractivity contribution in [2.24, 2.45) is 17.8 Å². The number of carbonyl (C=O) groups excluding carboxylic acids is 1. The summed E-state index contributed by atoms with van der Waals surface area (Å²) < 4.78 is 24.0. The third-order valence-electron chi connectivity index (χ3n) is 7.32. The fourth-order valence-corrected chi connectivity index (χ4v) is 10.6.